The lowest BCUT2D eigenvalue weighted by Crippen LogP contribution is -2.35. The van der Waals surface area contributed by atoms with Gasteiger partial charge in [-0.2, -0.15) is 5.10 Å². The summed E-state index contributed by atoms with van der Waals surface area (Å²) in [5.74, 6) is 0. The summed E-state index contributed by atoms with van der Waals surface area (Å²) in [6.45, 7) is -0.969. The van der Waals surface area contributed by atoms with Crippen LogP contribution in [0.15, 0.2) is 15.8 Å². The molecule has 0 saturated carbocycles. The van der Waals surface area contributed by atoms with Crippen LogP contribution in [0, 0.1) is 0 Å². The molecule has 0 amide bonds. The fourth-order valence-electron chi connectivity index (χ4n) is 0.669. The molecule has 1 rings (SSSR count). The van der Waals surface area contributed by atoms with E-state index in [0.29, 0.717) is 0 Å². The van der Waals surface area contributed by atoms with E-state index in [1.807, 2.05) is 5.10 Å². The highest BCUT2D eigenvalue weighted by atomic mass is 19.1. The molecule has 0 saturated heterocycles. The third kappa shape index (κ3) is 1.51. The van der Waals surface area contributed by atoms with Gasteiger partial charge >= 0.3 is 5.69 Å². The summed E-state index contributed by atoms with van der Waals surface area (Å²) < 4.78 is 12.4. The zero-order valence-electron chi connectivity index (χ0n) is 5.58. The standard InChI is InChI=1S/C5H6FN3O2/c6-1-2-9-4(10)3-7-8-5(9)11/h3H,1-2H2,(H,8,11). The van der Waals surface area contributed by atoms with Crippen molar-refractivity contribution in [2.75, 3.05) is 6.67 Å². The van der Waals surface area contributed by atoms with Gasteiger partial charge in [-0.05, 0) is 0 Å². The minimum atomic E-state index is -0.743. The van der Waals surface area contributed by atoms with Crippen molar-refractivity contribution >= 4 is 0 Å². The van der Waals surface area contributed by atoms with Gasteiger partial charge in [0.05, 0.1) is 6.54 Å². The number of alkyl halides is 1. The Morgan fingerprint density at radius 2 is 2.36 bits per heavy atom. The van der Waals surface area contributed by atoms with E-state index in [4.69, 9.17) is 0 Å². The third-order valence-corrected chi connectivity index (χ3v) is 1.15. The Kier molecular flexibility index (Phi) is 2.15. The monoisotopic (exact) mass is 159 g/mol. The Bertz CT molecular complexity index is 314. The summed E-state index contributed by atoms with van der Waals surface area (Å²) in [4.78, 5) is 21.5. The van der Waals surface area contributed by atoms with Crippen LogP contribution in [-0.4, -0.2) is 21.4 Å². The van der Waals surface area contributed by atoms with E-state index < -0.39 is 17.9 Å². The second-order valence-electron chi connectivity index (χ2n) is 1.85. The molecule has 1 aromatic heterocycles. The zero-order valence-corrected chi connectivity index (χ0v) is 5.58. The SMILES string of the molecule is O=c1cn[nH]c(=O)n1CCF. The Morgan fingerprint density at radius 3 is 2.91 bits per heavy atom. The normalized spacial score (nSPS) is 9.91. The van der Waals surface area contributed by atoms with Gasteiger partial charge in [0, 0.05) is 0 Å². The molecular weight excluding hydrogens is 153 g/mol. The minimum Gasteiger partial charge on any atom is -0.267 e. The van der Waals surface area contributed by atoms with Gasteiger partial charge in [0.15, 0.2) is 0 Å². The van der Waals surface area contributed by atoms with Crippen LogP contribution in [0.1, 0.15) is 0 Å². The van der Waals surface area contributed by atoms with Crippen molar-refractivity contribution in [1.82, 2.24) is 14.8 Å². The molecule has 0 unspecified atom stereocenters. The maximum Gasteiger partial charge on any atom is 0.344 e. The fraction of sp³-hybridized carbons (Fsp3) is 0.400. The fourth-order valence-corrected chi connectivity index (χ4v) is 0.669. The highest BCUT2D eigenvalue weighted by molar-refractivity contribution is 4.72. The van der Waals surface area contributed by atoms with Gasteiger partial charge in [-0.3, -0.25) is 9.36 Å². The molecule has 0 aliphatic carbocycles. The molecule has 1 N–H and O–H groups in total. The average molecular weight is 159 g/mol. The summed E-state index contributed by atoms with van der Waals surface area (Å²) in [7, 11) is 0. The van der Waals surface area contributed by atoms with Gasteiger partial charge in [0.2, 0.25) is 0 Å². The summed E-state index contributed by atoms with van der Waals surface area (Å²) in [6, 6.07) is 0. The van der Waals surface area contributed by atoms with Gasteiger partial charge < -0.3 is 0 Å². The lowest BCUT2D eigenvalue weighted by Gasteiger charge is -1.96. The first-order chi connectivity index (χ1) is 5.25. The quantitative estimate of drug-likeness (QED) is 0.595. The molecule has 0 spiro atoms. The van der Waals surface area contributed by atoms with Crippen molar-refractivity contribution in [3.8, 4) is 0 Å². The predicted octanol–water partition coefficient (Wildman–Crippen LogP) is -1.10. The first-order valence-electron chi connectivity index (χ1n) is 2.96. The first kappa shape index (κ1) is 7.64. The number of aromatic nitrogens is 3. The zero-order chi connectivity index (χ0) is 8.27. The smallest absolute Gasteiger partial charge is 0.267 e. The van der Waals surface area contributed by atoms with E-state index >= 15 is 0 Å². The molecule has 0 aliphatic heterocycles. The van der Waals surface area contributed by atoms with Gasteiger partial charge in [-0.1, -0.05) is 0 Å². The summed E-state index contributed by atoms with van der Waals surface area (Å²) in [6.07, 6.45) is 0.928. The van der Waals surface area contributed by atoms with Gasteiger partial charge in [0.25, 0.3) is 5.56 Å². The van der Waals surface area contributed by atoms with E-state index in [9.17, 15) is 14.0 Å². The number of hydrogen-bond donors (Lipinski definition) is 1. The van der Waals surface area contributed by atoms with E-state index in [-0.39, 0.29) is 6.54 Å². The average Bonchev–Trinajstić information content (AvgIpc) is 1.97. The van der Waals surface area contributed by atoms with Gasteiger partial charge in [-0.25, -0.2) is 14.3 Å². The molecule has 0 radical (unpaired) electrons. The van der Waals surface area contributed by atoms with Crippen LogP contribution in [0.4, 0.5) is 4.39 Å². The number of nitrogens with zero attached hydrogens (tertiary/aromatic N) is 2. The van der Waals surface area contributed by atoms with Crippen LogP contribution >= 0.6 is 0 Å². The molecule has 1 aromatic rings. The largest absolute Gasteiger partial charge is 0.344 e. The number of H-pyrrole nitrogens is 1. The second-order valence-corrected chi connectivity index (χ2v) is 1.85. The van der Waals surface area contributed by atoms with Gasteiger partial charge in [0.1, 0.15) is 12.9 Å². The van der Waals surface area contributed by atoms with Crippen molar-refractivity contribution < 1.29 is 4.39 Å². The van der Waals surface area contributed by atoms with E-state index in [0.717, 1.165) is 10.8 Å². The van der Waals surface area contributed by atoms with Crippen LogP contribution < -0.4 is 11.2 Å². The lowest BCUT2D eigenvalue weighted by atomic mass is 10.6. The van der Waals surface area contributed by atoms with Crippen LogP contribution in [0.5, 0.6) is 0 Å². The Balaban J connectivity index is 3.22. The van der Waals surface area contributed by atoms with Crippen molar-refractivity contribution in [1.29, 1.82) is 0 Å². The van der Waals surface area contributed by atoms with E-state index in [1.165, 1.54) is 0 Å². The number of hydrogen-bond acceptors (Lipinski definition) is 3. The Morgan fingerprint density at radius 1 is 1.64 bits per heavy atom. The maximum absolute atomic E-state index is 11.7. The van der Waals surface area contributed by atoms with E-state index in [1.54, 1.807) is 0 Å². The molecule has 0 bridgehead atoms. The lowest BCUT2D eigenvalue weighted by molar-refractivity contribution is 0.429. The molecule has 60 valence electrons. The minimum absolute atomic E-state index is 0.226. The van der Waals surface area contributed by atoms with E-state index in [2.05, 4.69) is 5.10 Å². The van der Waals surface area contributed by atoms with Gasteiger partial charge in [-0.15, -0.1) is 0 Å². The Labute approximate surface area is 60.5 Å². The molecule has 1 heterocycles. The second kappa shape index (κ2) is 3.09. The third-order valence-electron chi connectivity index (χ3n) is 1.15. The maximum atomic E-state index is 11.7. The van der Waals surface area contributed by atoms with Crippen molar-refractivity contribution in [2.45, 2.75) is 6.54 Å². The van der Waals surface area contributed by atoms with Crippen molar-refractivity contribution in [3.05, 3.63) is 27.0 Å². The van der Waals surface area contributed by atoms with Crippen LogP contribution in [0.2, 0.25) is 0 Å². The van der Waals surface area contributed by atoms with Crippen molar-refractivity contribution in [2.24, 2.45) is 0 Å². The Hall–Kier alpha value is -1.46. The summed E-state index contributed by atoms with van der Waals surface area (Å²) in [5.41, 5.74) is -1.28. The number of halogens is 1. The summed E-state index contributed by atoms with van der Waals surface area (Å²) in [5, 5.41) is 5.25. The molecular formula is C5H6FN3O2. The first-order valence-corrected chi connectivity index (χ1v) is 2.96. The highest BCUT2D eigenvalue weighted by Gasteiger charge is 1.98. The highest BCUT2D eigenvalue weighted by Crippen LogP contribution is 1.70. The number of rotatable bonds is 2. The molecule has 5 nitrogen and oxygen atoms in total. The van der Waals surface area contributed by atoms with Crippen LogP contribution in [-0.2, 0) is 6.54 Å². The number of aromatic amines is 1. The van der Waals surface area contributed by atoms with Crippen LogP contribution in [0.25, 0.3) is 0 Å². The molecule has 6 heteroatoms. The molecule has 0 fully saturated rings. The summed E-state index contributed by atoms with van der Waals surface area (Å²) >= 11 is 0. The predicted molar refractivity (Wildman–Crippen MR) is 35.1 cm³/mol. The molecule has 0 atom stereocenters. The number of nitrogens with one attached hydrogen (secondary N) is 1. The van der Waals surface area contributed by atoms with Crippen molar-refractivity contribution in [3.63, 3.8) is 0 Å². The molecule has 0 aromatic carbocycles. The van der Waals surface area contributed by atoms with Crippen LogP contribution in [0.3, 0.4) is 0 Å². The molecule has 11 heavy (non-hydrogen) atoms. The topological polar surface area (TPSA) is 67.8 Å². The molecule has 0 aliphatic rings.